The highest BCUT2D eigenvalue weighted by Crippen LogP contribution is 2.25. The summed E-state index contributed by atoms with van der Waals surface area (Å²) in [4.78, 5) is 28.2. The molecule has 2 fully saturated rings. The Bertz CT molecular complexity index is 838. The van der Waals surface area contributed by atoms with Crippen LogP contribution in [0, 0.1) is 5.92 Å². The molecule has 0 saturated carbocycles. The Kier molecular flexibility index (Phi) is 6.47. The molecule has 1 aromatic heterocycles. The summed E-state index contributed by atoms with van der Waals surface area (Å²) in [5.74, 6) is 1.86. The molecule has 0 radical (unpaired) electrons. The van der Waals surface area contributed by atoms with E-state index in [1.54, 1.807) is 6.20 Å². The number of carbonyl (C=O) groups is 1. The van der Waals surface area contributed by atoms with E-state index in [9.17, 15) is 9.90 Å². The largest absolute Gasteiger partial charge is 0.391 e. The standard InChI is InChI=1S/C23H31N5O2/c1-26(16-18-6-3-2-4-7-18)22(30)19-10-14-27(15-11-19)23-24-12-9-21(25-23)28-13-5-8-20(29)17-28/h2-4,6-7,9,12,19-20,29H,5,8,10-11,13-17H2,1H3. The van der Waals surface area contributed by atoms with Crippen molar-refractivity contribution in [3.05, 3.63) is 48.2 Å². The number of nitrogens with zero attached hydrogens (tertiary/aromatic N) is 5. The first-order valence-electron chi connectivity index (χ1n) is 10.9. The number of benzene rings is 1. The average molecular weight is 410 g/mol. The molecule has 4 rings (SSSR count). The Morgan fingerprint density at radius 2 is 1.87 bits per heavy atom. The first kappa shape index (κ1) is 20.6. The van der Waals surface area contributed by atoms with Crippen molar-refractivity contribution in [1.82, 2.24) is 14.9 Å². The fraction of sp³-hybridized carbons (Fsp3) is 0.522. The van der Waals surface area contributed by atoms with Gasteiger partial charge in [0.2, 0.25) is 11.9 Å². The smallest absolute Gasteiger partial charge is 0.227 e. The van der Waals surface area contributed by atoms with Gasteiger partial charge in [-0.15, -0.1) is 0 Å². The second-order valence-electron chi connectivity index (χ2n) is 8.40. The van der Waals surface area contributed by atoms with Gasteiger partial charge >= 0.3 is 0 Å². The molecule has 2 saturated heterocycles. The predicted molar refractivity (Wildman–Crippen MR) is 117 cm³/mol. The van der Waals surface area contributed by atoms with Crippen molar-refractivity contribution in [1.29, 1.82) is 0 Å². The third-order valence-electron chi connectivity index (χ3n) is 6.11. The second-order valence-corrected chi connectivity index (χ2v) is 8.40. The van der Waals surface area contributed by atoms with E-state index in [0.29, 0.717) is 13.1 Å². The minimum Gasteiger partial charge on any atom is -0.391 e. The van der Waals surface area contributed by atoms with Gasteiger partial charge in [-0.2, -0.15) is 4.98 Å². The molecule has 0 aliphatic carbocycles. The molecule has 1 atom stereocenters. The highest BCUT2D eigenvalue weighted by Gasteiger charge is 2.28. The quantitative estimate of drug-likeness (QED) is 0.817. The predicted octanol–water partition coefficient (Wildman–Crippen LogP) is 2.31. The number of hydrogen-bond donors (Lipinski definition) is 1. The number of hydrogen-bond acceptors (Lipinski definition) is 6. The summed E-state index contributed by atoms with van der Waals surface area (Å²) < 4.78 is 0. The molecule has 0 spiro atoms. The van der Waals surface area contributed by atoms with Crippen LogP contribution in [0.2, 0.25) is 0 Å². The molecule has 3 heterocycles. The van der Waals surface area contributed by atoms with Crippen molar-refractivity contribution >= 4 is 17.7 Å². The lowest BCUT2D eigenvalue weighted by Gasteiger charge is -2.34. The molecule has 2 aromatic rings. The SMILES string of the molecule is CN(Cc1ccccc1)C(=O)C1CCN(c2nccc(N3CCCC(O)C3)n2)CC1. The Balaban J connectivity index is 1.33. The molecule has 1 amide bonds. The van der Waals surface area contributed by atoms with Crippen LogP contribution in [0.5, 0.6) is 0 Å². The van der Waals surface area contributed by atoms with E-state index in [0.717, 1.165) is 62.6 Å². The molecular weight excluding hydrogens is 378 g/mol. The van der Waals surface area contributed by atoms with Crippen molar-refractivity contribution in [3.63, 3.8) is 0 Å². The summed E-state index contributed by atoms with van der Waals surface area (Å²) in [6, 6.07) is 12.0. The van der Waals surface area contributed by atoms with Crippen LogP contribution in [0.1, 0.15) is 31.2 Å². The van der Waals surface area contributed by atoms with E-state index in [4.69, 9.17) is 4.98 Å². The van der Waals surface area contributed by atoms with Crippen molar-refractivity contribution in [2.45, 2.75) is 38.3 Å². The Morgan fingerprint density at radius 1 is 1.10 bits per heavy atom. The second kappa shape index (κ2) is 9.43. The van der Waals surface area contributed by atoms with E-state index in [2.05, 4.69) is 26.9 Å². The zero-order chi connectivity index (χ0) is 20.9. The van der Waals surface area contributed by atoms with Gasteiger partial charge in [0, 0.05) is 51.9 Å². The third-order valence-corrected chi connectivity index (χ3v) is 6.11. The Morgan fingerprint density at radius 3 is 2.60 bits per heavy atom. The lowest BCUT2D eigenvalue weighted by Crippen LogP contribution is -2.42. The fourth-order valence-corrected chi connectivity index (χ4v) is 4.40. The van der Waals surface area contributed by atoms with Crippen LogP contribution < -0.4 is 9.80 Å². The minimum atomic E-state index is -0.285. The lowest BCUT2D eigenvalue weighted by atomic mass is 9.95. The van der Waals surface area contributed by atoms with Crippen molar-refractivity contribution in [2.75, 3.05) is 43.0 Å². The number of amides is 1. The maximum Gasteiger partial charge on any atom is 0.227 e. The molecule has 1 aromatic carbocycles. The van der Waals surface area contributed by atoms with Crippen LogP contribution in [-0.4, -0.2) is 65.2 Å². The first-order valence-corrected chi connectivity index (χ1v) is 10.9. The van der Waals surface area contributed by atoms with Crippen molar-refractivity contribution < 1.29 is 9.90 Å². The minimum absolute atomic E-state index is 0.0513. The number of carbonyl (C=O) groups excluding carboxylic acids is 1. The van der Waals surface area contributed by atoms with Crippen LogP contribution in [0.3, 0.4) is 0 Å². The summed E-state index contributed by atoms with van der Waals surface area (Å²) in [5.41, 5.74) is 1.15. The molecule has 7 nitrogen and oxygen atoms in total. The third kappa shape index (κ3) is 4.90. The van der Waals surface area contributed by atoms with Gasteiger partial charge in [0.15, 0.2) is 0 Å². The number of anilines is 2. The van der Waals surface area contributed by atoms with Gasteiger partial charge in [0.25, 0.3) is 0 Å². The maximum absolute atomic E-state index is 12.9. The van der Waals surface area contributed by atoms with Gasteiger partial charge < -0.3 is 19.8 Å². The summed E-state index contributed by atoms with van der Waals surface area (Å²) in [6.45, 7) is 3.74. The van der Waals surface area contributed by atoms with E-state index in [1.807, 2.05) is 36.2 Å². The highest BCUT2D eigenvalue weighted by molar-refractivity contribution is 5.79. The van der Waals surface area contributed by atoms with Gasteiger partial charge in [-0.25, -0.2) is 4.98 Å². The normalized spacial score (nSPS) is 20.3. The van der Waals surface area contributed by atoms with Crippen LogP contribution in [0.25, 0.3) is 0 Å². The number of aliphatic hydroxyl groups excluding tert-OH is 1. The van der Waals surface area contributed by atoms with Gasteiger partial charge in [-0.3, -0.25) is 4.79 Å². The number of β-amino-alcohol motifs (C(OH)–C–C–N with tert-alkyl or cyclic N) is 1. The zero-order valence-corrected chi connectivity index (χ0v) is 17.7. The molecule has 1 unspecified atom stereocenters. The molecule has 2 aliphatic heterocycles. The van der Waals surface area contributed by atoms with E-state index in [1.165, 1.54) is 0 Å². The van der Waals surface area contributed by atoms with Crippen LogP contribution in [0.4, 0.5) is 11.8 Å². The maximum atomic E-state index is 12.9. The van der Waals surface area contributed by atoms with Crippen molar-refractivity contribution in [2.24, 2.45) is 5.92 Å². The molecule has 30 heavy (non-hydrogen) atoms. The Hall–Kier alpha value is -2.67. The number of rotatable bonds is 5. The number of aromatic nitrogens is 2. The van der Waals surface area contributed by atoms with Crippen LogP contribution in [-0.2, 0) is 11.3 Å². The molecule has 160 valence electrons. The summed E-state index contributed by atoms with van der Waals surface area (Å²) in [5, 5.41) is 9.95. The monoisotopic (exact) mass is 409 g/mol. The average Bonchev–Trinajstić information content (AvgIpc) is 2.79. The summed E-state index contributed by atoms with van der Waals surface area (Å²) in [7, 11) is 1.89. The van der Waals surface area contributed by atoms with Crippen LogP contribution >= 0.6 is 0 Å². The van der Waals surface area contributed by atoms with Crippen molar-refractivity contribution in [3.8, 4) is 0 Å². The van der Waals surface area contributed by atoms with E-state index >= 15 is 0 Å². The Labute approximate surface area is 178 Å². The molecule has 7 heteroatoms. The first-order chi connectivity index (χ1) is 14.6. The highest BCUT2D eigenvalue weighted by atomic mass is 16.3. The molecule has 2 aliphatic rings. The van der Waals surface area contributed by atoms with Gasteiger partial charge in [0.1, 0.15) is 5.82 Å². The summed E-state index contributed by atoms with van der Waals surface area (Å²) in [6.07, 6.45) is 4.97. The lowest BCUT2D eigenvalue weighted by molar-refractivity contribution is -0.135. The topological polar surface area (TPSA) is 72.8 Å². The summed E-state index contributed by atoms with van der Waals surface area (Å²) >= 11 is 0. The van der Waals surface area contributed by atoms with Gasteiger partial charge in [0.05, 0.1) is 6.10 Å². The number of piperidine rings is 2. The molecular formula is C23H31N5O2. The van der Waals surface area contributed by atoms with Gasteiger partial charge in [-0.1, -0.05) is 30.3 Å². The van der Waals surface area contributed by atoms with E-state index in [-0.39, 0.29) is 17.9 Å². The van der Waals surface area contributed by atoms with Crippen LogP contribution in [0.15, 0.2) is 42.6 Å². The zero-order valence-electron chi connectivity index (χ0n) is 17.7. The van der Waals surface area contributed by atoms with E-state index < -0.39 is 0 Å². The molecule has 1 N–H and O–H groups in total. The fourth-order valence-electron chi connectivity index (χ4n) is 4.40. The van der Waals surface area contributed by atoms with Gasteiger partial charge in [-0.05, 0) is 37.3 Å². The number of aliphatic hydroxyl groups is 1. The molecule has 0 bridgehead atoms.